The van der Waals surface area contributed by atoms with Gasteiger partial charge >= 0.3 is 0 Å². The number of rotatable bonds is 5. The van der Waals surface area contributed by atoms with Crippen LogP contribution in [0.3, 0.4) is 0 Å². The van der Waals surface area contributed by atoms with Crippen LogP contribution in [0, 0.1) is 0 Å². The van der Waals surface area contributed by atoms with Gasteiger partial charge in [0.1, 0.15) is 6.54 Å². The van der Waals surface area contributed by atoms with Crippen molar-refractivity contribution in [2.45, 2.75) is 19.8 Å². The van der Waals surface area contributed by atoms with E-state index >= 15 is 0 Å². The first-order valence-corrected chi connectivity index (χ1v) is 7.82. The number of anilines is 2. The molecule has 0 aromatic heterocycles. The van der Waals surface area contributed by atoms with E-state index in [0.29, 0.717) is 23.7 Å². The fraction of sp³-hybridized carbons (Fsp3) is 0.500. The van der Waals surface area contributed by atoms with Crippen LogP contribution in [0.15, 0.2) is 12.1 Å². The molecule has 3 rings (SSSR count). The van der Waals surface area contributed by atoms with Crippen LogP contribution in [0.5, 0.6) is 11.5 Å². The molecule has 0 spiro atoms. The van der Waals surface area contributed by atoms with Gasteiger partial charge in [0, 0.05) is 25.7 Å². The second kappa shape index (κ2) is 6.36. The minimum absolute atomic E-state index is 0.0351. The number of fused-ring (bicyclic) bond motifs is 2. The molecule has 2 heterocycles. The largest absolute Gasteiger partial charge is 0.454 e. The lowest BCUT2D eigenvalue weighted by Gasteiger charge is -2.31. The molecular formula is C16H21N3O4. The van der Waals surface area contributed by atoms with Gasteiger partial charge in [-0.25, -0.2) is 0 Å². The van der Waals surface area contributed by atoms with Crippen LogP contribution in [0.1, 0.15) is 19.8 Å². The van der Waals surface area contributed by atoms with E-state index in [1.165, 1.54) is 4.90 Å². The highest BCUT2D eigenvalue weighted by atomic mass is 16.7. The summed E-state index contributed by atoms with van der Waals surface area (Å²) >= 11 is 0. The number of amides is 2. The number of nitrogens with one attached hydrogen (secondary N) is 1. The highest BCUT2D eigenvalue weighted by molar-refractivity contribution is 6.06. The molecule has 0 bridgehead atoms. The maximum Gasteiger partial charge on any atom is 0.246 e. The molecule has 23 heavy (non-hydrogen) atoms. The molecule has 1 aromatic carbocycles. The third kappa shape index (κ3) is 3.04. The number of likely N-dealkylation sites (N-methyl/N-ethyl adjacent to an activating group) is 1. The molecule has 1 N–H and O–H groups in total. The minimum atomic E-state index is -0.131. The summed E-state index contributed by atoms with van der Waals surface area (Å²) in [5.41, 5.74) is 1.43. The Morgan fingerprint density at radius 2 is 2.09 bits per heavy atom. The first-order valence-electron chi connectivity index (χ1n) is 7.82. The average Bonchev–Trinajstić information content (AvgIpc) is 3.00. The zero-order chi connectivity index (χ0) is 16.4. The number of unbranched alkanes of at least 4 members (excludes halogenated alkanes) is 1. The Bertz CT molecular complexity index is 632. The first-order chi connectivity index (χ1) is 11.1. The van der Waals surface area contributed by atoms with Gasteiger partial charge in [0.15, 0.2) is 11.5 Å². The van der Waals surface area contributed by atoms with Crippen LogP contribution in [0.4, 0.5) is 11.4 Å². The summed E-state index contributed by atoms with van der Waals surface area (Å²) in [5, 5.41) is 3.06. The third-order valence-corrected chi connectivity index (χ3v) is 4.08. The number of hydrogen-bond donors (Lipinski definition) is 1. The Balaban J connectivity index is 1.80. The van der Waals surface area contributed by atoms with Crippen LogP contribution < -0.4 is 19.7 Å². The monoisotopic (exact) mass is 319 g/mol. The topological polar surface area (TPSA) is 71.1 Å². The SMILES string of the molecule is CCCCN(C)C(=O)CN1C(=O)CNc2cc3c(cc21)OCO3. The van der Waals surface area contributed by atoms with Gasteiger partial charge in [0.05, 0.1) is 17.9 Å². The van der Waals surface area contributed by atoms with Gasteiger partial charge < -0.3 is 19.7 Å². The van der Waals surface area contributed by atoms with E-state index in [9.17, 15) is 9.59 Å². The number of nitrogens with zero attached hydrogens (tertiary/aromatic N) is 2. The molecule has 0 radical (unpaired) electrons. The van der Waals surface area contributed by atoms with Crippen LogP contribution in [0.2, 0.25) is 0 Å². The van der Waals surface area contributed by atoms with Crippen molar-refractivity contribution in [3.8, 4) is 11.5 Å². The van der Waals surface area contributed by atoms with Gasteiger partial charge in [-0.2, -0.15) is 0 Å². The predicted octanol–water partition coefficient (Wildman–Crippen LogP) is 1.43. The summed E-state index contributed by atoms with van der Waals surface area (Å²) in [6.45, 7) is 3.15. The first kappa shape index (κ1) is 15.5. The Hall–Kier alpha value is -2.44. The van der Waals surface area contributed by atoms with Crippen molar-refractivity contribution in [2.75, 3.05) is 43.7 Å². The lowest BCUT2D eigenvalue weighted by molar-refractivity contribution is -0.130. The number of carbonyl (C=O) groups excluding carboxylic acids is 2. The maximum atomic E-state index is 12.4. The van der Waals surface area contributed by atoms with E-state index in [2.05, 4.69) is 12.2 Å². The molecule has 0 unspecified atom stereocenters. The quantitative estimate of drug-likeness (QED) is 0.889. The second-order valence-corrected chi connectivity index (χ2v) is 5.72. The number of benzene rings is 1. The third-order valence-electron chi connectivity index (χ3n) is 4.08. The van der Waals surface area contributed by atoms with Crippen LogP contribution in [-0.4, -0.2) is 50.2 Å². The highest BCUT2D eigenvalue weighted by Gasteiger charge is 2.29. The Kier molecular flexibility index (Phi) is 4.27. The number of ether oxygens (including phenoxy) is 2. The second-order valence-electron chi connectivity index (χ2n) is 5.72. The van der Waals surface area contributed by atoms with E-state index in [1.807, 2.05) is 6.07 Å². The zero-order valence-corrected chi connectivity index (χ0v) is 13.4. The molecule has 0 fully saturated rings. The molecule has 124 valence electrons. The van der Waals surface area contributed by atoms with Crippen molar-refractivity contribution in [3.05, 3.63) is 12.1 Å². The predicted molar refractivity (Wildman–Crippen MR) is 86.0 cm³/mol. The molecule has 7 nitrogen and oxygen atoms in total. The Morgan fingerprint density at radius 3 is 2.83 bits per heavy atom. The summed E-state index contributed by atoms with van der Waals surface area (Å²) in [4.78, 5) is 27.8. The van der Waals surface area contributed by atoms with Crippen LogP contribution in [0.25, 0.3) is 0 Å². The highest BCUT2D eigenvalue weighted by Crippen LogP contribution is 2.42. The van der Waals surface area contributed by atoms with Gasteiger partial charge in [0.2, 0.25) is 18.6 Å². The van der Waals surface area contributed by atoms with Crippen molar-refractivity contribution in [2.24, 2.45) is 0 Å². The molecule has 1 aromatic rings. The summed E-state index contributed by atoms with van der Waals surface area (Å²) in [6, 6.07) is 3.56. The molecule has 2 aliphatic rings. The Labute approximate surface area is 135 Å². The van der Waals surface area contributed by atoms with Crippen molar-refractivity contribution in [1.82, 2.24) is 4.90 Å². The molecule has 7 heteroatoms. The lowest BCUT2D eigenvalue weighted by atomic mass is 10.1. The van der Waals surface area contributed by atoms with E-state index in [1.54, 1.807) is 18.0 Å². The van der Waals surface area contributed by atoms with Gasteiger partial charge in [-0.1, -0.05) is 13.3 Å². The molecule has 2 aliphatic heterocycles. The molecular weight excluding hydrogens is 298 g/mol. The summed E-state index contributed by atoms with van der Waals surface area (Å²) in [6.07, 6.45) is 1.98. The van der Waals surface area contributed by atoms with E-state index in [4.69, 9.17) is 9.47 Å². The molecule has 2 amide bonds. The number of hydrogen-bond acceptors (Lipinski definition) is 5. The smallest absolute Gasteiger partial charge is 0.246 e. The van der Waals surface area contributed by atoms with Crippen molar-refractivity contribution in [1.29, 1.82) is 0 Å². The van der Waals surface area contributed by atoms with Gasteiger partial charge in [-0.05, 0) is 6.42 Å². The number of carbonyl (C=O) groups is 2. The fourth-order valence-corrected chi connectivity index (χ4v) is 2.65. The van der Waals surface area contributed by atoms with E-state index in [-0.39, 0.29) is 31.7 Å². The maximum absolute atomic E-state index is 12.4. The lowest BCUT2D eigenvalue weighted by Crippen LogP contribution is -2.46. The summed E-state index contributed by atoms with van der Waals surface area (Å²) < 4.78 is 10.7. The van der Waals surface area contributed by atoms with Gasteiger partial charge in [-0.3, -0.25) is 14.5 Å². The molecule has 0 aliphatic carbocycles. The van der Waals surface area contributed by atoms with Gasteiger partial charge in [0.25, 0.3) is 0 Å². The van der Waals surface area contributed by atoms with E-state index in [0.717, 1.165) is 18.5 Å². The van der Waals surface area contributed by atoms with Crippen molar-refractivity contribution < 1.29 is 19.1 Å². The summed E-state index contributed by atoms with van der Waals surface area (Å²) in [5.74, 6) is 1.04. The summed E-state index contributed by atoms with van der Waals surface area (Å²) in [7, 11) is 1.77. The molecule has 0 saturated heterocycles. The molecule has 0 saturated carbocycles. The van der Waals surface area contributed by atoms with Crippen molar-refractivity contribution >= 4 is 23.2 Å². The van der Waals surface area contributed by atoms with Crippen LogP contribution >= 0.6 is 0 Å². The van der Waals surface area contributed by atoms with Crippen molar-refractivity contribution in [3.63, 3.8) is 0 Å². The van der Waals surface area contributed by atoms with Crippen LogP contribution in [-0.2, 0) is 9.59 Å². The Morgan fingerprint density at radius 1 is 1.35 bits per heavy atom. The van der Waals surface area contributed by atoms with Gasteiger partial charge in [-0.15, -0.1) is 0 Å². The zero-order valence-electron chi connectivity index (χ0n) is 13.4. The normalized spacial score (nSPS) is 15.2. The standard InChI is InChI=1S/C16H21N3O4/c1-3-4-5-18(2)16(21)9-19-12-7-14-13(22-10-23-14)6-11(12)17-8-15(19)20/h6-7,17H,3-5,8-10H2,1-2H3. The molecule has 0 atom stereocenters. The van der Waals surface area contributed by atoms with E-state index < -0.39 is 0 Å². The fourth-order valence-electron chi connectivity index (χ4n) is 2.65. The average molecular weight is 319 g/mol. The minimum Gasteiger partial charge on any atom is -0.454 e.